The molecule has 2 aromatic carbocycles. The number of likely N-dealkylation sites (N-methyl/N-ethyl adjacent to an activating group) is 1. The molecule has 0 aliphatic heterocycles. The lowest BCUT2D eigenvalue weighted by Gasteiger charge is -2.24. The molecule has 0 bridgehead atoms. The van der Waals surface area contributed by atoms with Gasteiger partial charge in [-0.25, -0.2) is 4.39 Å². The molecule has 106 valence electrons. The quantitative estimate of drug-likeness (QED) is 0.911. The molecule has 0 saturated heterocycles. The number of halogens is 1. The molecule has 2 rings (SSSR count). The number of hydrogen-bond donors (Lipinski definition) is 1. The van der Waals surface area contributed by atoms with Gasteiger partial charge in [0, 0.05) is 25.3 Å². The second-order valence-electron chi connectivity index (χ2n) is 4.74. The Balaban J connectivity index is 2.08. The minimum Gasteiger partial charge on any atom is -0.497 e. The van der Waals surface area contributed by atoms with E-state index >= 15 is 0 Å². The van der Waals surface area contributed by atoms with Crippen LogP contribution in [0.4, 0.5) is 10.1 Å². The molecule has 0 radical (unpaired) electrons. The van der Waals surface area contributed by atoms with Gasteiger partial charge in [-0.05, 0) is 35.9 Å². The molecule has 4 heteroatoms. The normalized spacial score (nSPS) is 12.0. The van der Waals surface area contributed by atoms with E-state index in [0.717, 1.165) is 17.0 Å². The van der Waals surface area contributed by atoms with E-state index in [-0.39, 0.29) is 11.9 Å². The Bertz CT molecular complexity index is 574. The van der Waals surface area contributed by atoms with Crippen LogP contribution in [-0.4, -0.2) is 20.7 Å². The van der Waals surface area contributed by atoms with E-state index in [4.69, 9.17) is 10.5 Å². The van der Waals surface area contributed by atoms with Gasteiger partial charge in [-0.1, -0.05) is 18.2 Å². The molecule has 1 atom stereocenters. The number of methoxy groups -OCH3 is 1. The van der Waals surface area contributed by atoms with Crippen LogP contribution >= 0.6 is 0 Å². The van der Waals surface area contributed by atoms with Crippen molar-refractivity contribution in [1.82, 2.24) is 0 Å². The van der Waals surface area contributed by atoms with E-state index < -0.39 is 0 Å². The zero-order valence-corrected chi connectivity index (χ0v) is 11.7. The van der Waals surface area contributed by atoms with Crippen molar-refractivity contribution in [3.05, 3.63) is 59.9 Å². The first-order chi connectivity index (χ1) is 9.60. The van der Waals surface area contributed by atoms with Crippen LogP contribution < -0.4 is 15.4 Å². The Kier molecular flexibility index (Phi) is 4.58. The lowest BCUT2D eigenvalue weighted by atomic mass is 10.1. The molecular formula is C16H19FN2O. The van der Waals surface area contributed by atoms with Gasteiger partial charge in [-0.3, -0.25) is 0 Å². The summed E-state index contributed by atoms with van der Waals surface area (Å²) in [4.78, 5) is 1.94. The molecule has 0 aromatic heterocycles. The molecule has 0 heterocycles. The molecule has 0 aliphatic carbocycles. The SMILES string of the molecule is COc1cccc(C(N)CN(C)c2cccc(F)c2)c1. The minimum atomic E-state index is -0.246. The summed E-state index contributed by atoms with van der Waals surface area (Å²) in [5, 5.41) is 0. The van der Waals surface area contributed by atoms with Crippen molar-refractivity contribution in [1.29, 1.82) is 0 Å². The summed E-state index contributed by atoms with van der Waals surface area (Å²) < 4.78 is 18.4. The first kappa shape index (κ1) is 14.3. The van der Waals surface area contributed by atoms with Crippen LogP contribution in [0, 0.1) is 5.82 Å². The Morgan fingerprint density at radius 3 is 2.65 bits per heavy atom. The molecule has 2 N–H and O–H groups in total. The molecule has 0 fully saturated rings. The number of rotatable bonds is 5. The van der Waals surface area contributed by atoms with E-state index in [2.05, 4.69) is 0 Å². The van der Waals surface area contributed by atoms with Crippen molar-refractivity contribution < 1.29 is 9.13 Å². The summed E-state index contributed by atoms with van der Waals surface area (Å²) in [5.74, 6) is 0.538. The van der Waals surface area contributed by atoms with Crippen LogP contribution in [-0.2, 0) is 0 Å². The fourth-order valence-electron chi connectivity index (χ4n) is 2.09. The molecule has 3 nitrogen and oxygen atoms in total. The first-order valence-electron chi connectivity index (χ1n) is 6.46. The van der Waals surface area contributed by atoms with E-state index in [1.807, 2.05) is 42.3 Å². The number of nitrogens with two attached hydrogens (primary N) is 1. The summed E-state index contributed by atoms with van der Waals surface area (Å²) in [6.45, 7) is 0.594. The highest BCUT2D eigenvalue weighted by Crippen LogP contribution is 2.21. The number of anilines is 1. The fourth-order valence-corrected chi connectivity index (χ4v) is 2.09. The minimum absolute atomic E-state index is 0.168. The topological polar surface area (TPSA) is 38.5 Å². The smallest absolute Gasteiger partial charge is 0.125 e. The van der Waals surface area contributed by atoms with Gasteiger partial charge >= 0.3 is 0 Å². The Morgan fingerprint density at radius 1 is 1.20 bits per heavy atom. The number of benzene rings is 2. The molecule has 0 aliphatic rings. The van der Waals surface area contributed by atoms with E-state index in [9.17, 15) is 4.39 Å². The van der Waals surface area contributed by atoms with Crippen molar-refractivity contribution in [3.8, 4) is 5.75 Å². The second kappa shape index (κ2) is 6.39. The maximum absolute atomic E-state index is 13.2. The molecule has 20 heavy (non-hydrogen) atoms. The fraction of sp³-hybridized carbons (Fsp3) is 0.250. The van der Waals surface area contributed by atoms with E-state index in [1.165, 1.54) is 12.1 Å². The third-order valence-corrected chi connectivity index (χ3v) is 3.24. The average molecular weight is 274 g/mol. The Labute approximate surface area is 118 Å². The average Bonchev–Trinajstić information content (AvgIpc) is 2.47. The third-order valence-electron chi connectivity index (χ3n) is 3.24. The zero-order chi connectivity index (χ0) is 14.5. The standard InChI is InChI=1S/C16H19FN2O/c1-19(14-7-4-6-13(17)10-14)11-16(18)12-5-3-8-15(9-12)20-2/h3-10,16H,11,18H2,1-2H3. The zero-order valence-electron chi connectivity index (χ0n) is 11.7. The summed E-state index contributed by atoms with van der Waals surface area (Å²) in [7, 11) is 3.53. The predicted octanol–water partition coefficient (Wildman–Crippen LogP) is 2.97. The van der Waals surface area contributed by atoms with Crippen LogP contribution in [0.1, 0.15) is 11.6 Å². The van der Waals surface area contributed by atoms with Gasteiger partial charge in [-0.2, -0.15) is 0 Å². The Hall–Kier alpha value is -2.07. The van der Waals surface area contributed by atoms with Gasteiger partial charge in [0.05, 0.1) is 7.11 Å². The number of nitrogens with zero attached hydrogens (tertiary/aromatic N) is 1. The van der Waals surface area contributed by atoms with Crippen molar-refractivity contribution in [2.24, 2.45) is 5.73 Å². The molecule has 1 unspecified atom stereocenters. The van der Waals surface area contributed by atoms with E-state index in [1.54, 1.807) is 13.2 Å². The van der Waals surface area contributed by atoms with Gasteiger partial charge in [0.1, 0.15) is 11.6 Å². The molecule has 0 spiro atoms. The monoisotopic (exact) mass is 274 g/mol. The lowest BCUT2D eigenvalue weighted by Crippen LogP contribution is -2.29. The number of hydrogen-bond acceptors (Lipinski definition) is 3. The third kappa shape index (κ3) is 3.48. The molecule has 0 amide bonds. The summed E-state index contributed by atoms with van der Waals surface area (Å²) >= 11 is 0. The van der Waals surface area contributed by atoms with Gasteiger partial charge in [0.15, 0.2) is 0 Å². The van der Waals surface area contributed by atoms with Crippen LogP contribution in [0.25, 0.3) is 0 Å². The maximum atomic E-state index is 13.2. The van der Waals surface area contributed by atoms with Crippen molar-refractivity contribution >= 4 is 5.69 Å². The molecule has 2 aromatic rings. The van der Waals surface area contributed by atoms with Crippen LogP contribution in [0.2, 0.25) is 0 Å². The van der Waals surface area contributed by atoms with Gasteiger partial charge < -0.3 is 15.4 Å². The first-order valence-corrected chi connectivity index (χ1v) is 6.46. The van der Waals surface area contributed by atoms with Crippen molar-refractivity contribution in [2.75, 3.05) is 25.6 Å². The van der Waals surface area contributed by atoms with Crippen LogP contribution in [0.15, 0.2) is 48.5 Å². The summed E-state index contributed by atoms with van der Waals surface area (Å²) in [6, 6.07) is 14.0. The van der Waals surface area contributed by atoms with Gasteiger partial charge in [0.2, 0.25) is 0 Å². The van der Waals surface area contributed by atoms with E-state index in [0.29, 0.717) is 6.54 Å². The lowest BCUT2D eigenvalue weighted by molar-refractivity contribution is 0.414. The van der Waals surface area contributed by atoms with Crippen LogP contribution in [0.5, 0.6) is 5.75 Å². The largest absolute Gasteiger partial charge is 0.497 e. The highest BCUT2D eigenvalue weighted by atomic mass is 19.1. The highest BCUT2D eigenvalue weighted by molar-refractivity contribution is 5.46. The Morgan fingerprint density at radius 2 is 1.95 bits per heavy atom. The van der Waals surface area contributed by atoms with Crippen molar-refractivity contribution in [3.63, 3.8) is 0 Å². The predicted molar refractivity (Wildman–Crippen MR) is 79.6 cm³/mol. The van der Waals surface area contributed by atoms with Crippen molar-refractivity contribution in [2.45, 2.75) is 6.04 Å². The molecular weight excluding hydrogens is 255 g/mol. The van der Waals surface area contributed by atoms with Gasteiger partial charge in [-0.15, -0.1) is 0 Å². The molecule has 0 saturated carbocycles. The van der Waals surface area contributed by atoms with Crippen LogP contribution in [0.3, 0.4) is 0 Å². The van der Waals surface area contributed by atoms with Gasteiger partial charge in [0.25, 0.3) is 0 Å². The highest BCUT2D eigenvalue weighted by Gasteiger charge is 2.11. The number of ether oxygens (including phenoxy) is 1. The summed E-state index contributed by atoms with van der Waals surface area (Å²) in [6.07, 6.45) is 0. The summed E-state index contributed by atoms with van der Waals surface area (Å²) in [5.41, 5.74) is 8.01. The second-order valence-corrected chi connectivity index (χ2v) is 4.74. The maximum Gasteiger partial charge on any atom is 0.125 e.